The van der Waals surface area contributed by atoms with Crippen molar-refractivity contribution in [1.82, 2.24) is 0 Å². The van der Waals surface area contributed by atoms with E-state index in [1.807, 2.05) is 13.0 Å². The van der Waals surface area contributed by atoms with Gasteiger partial charge >= 0.3 is 5.97 Å². The molecule has 1 unspecified atom stereocenters. The third-order valence-electron chi connectivity index (χ3n) is 3.66. The highest BCUT2D eigenvalue weighted by atomic mass is 16.5. The number of hydrogen-bond acceptors (Lipinski definition) is 5. The minimum absolute atomic E-state index is 0.257. The predicted molar refractivity (Wildman–Crippen MR) is 83.7 cm³/mol. The number of anilines is 2. The number of benzene rings is 1. The third kappa shape index (κ3) is 3.88. The average molecular weight is 292 g/mol. The molecule has 1 saturated heterocycles. The molecule has 1 aromatic rings. The van der Waals surface area contributed by atoms with Crippen molar-refractivity contribution in [1.29, 1.82) is 0 Å². The van der Waals surface area contributed by atoms with Gasteiger partial charge in [-0.3, -0.25) is 0 Å². The van der Waals surface area contributed by atoms with E-state index in [1.54, 1.807) is 19.1 Å². The van der Waals surface area contributed by atoms with Crippen LogP contribution >= 0.6 is 0 Å². The predicted octanol–water partition coefficient (Wildman–Crippen LogP) is 2.45. The van der Waals surface area contributed by atoms with Crippen molar-refractivity contribution in [3.63, 3.8) is 0 Å². The highest BCUT2D eigenvalue weighted by Crippen LogP contribution is 2.28. The number of nitrogen functional groups attached to an aromatic ring is 1. The molecular weight excluding hydrogens is 268 g/mol. The quantitative estimate of drug-likeness (QED) is 0.667. The van der Waals surface area contributed by atoms with Gasteiger partial charge in [-0.1, -0.05) is 0 Å². The summed E-state index contributed by atoms with van der Waals surface area (Å²) in [5.41, 5.74) is 8.19. The molecule has 2 N–H and O–H groups in total. The lowest BCUT2D eigenvalue weighted by Gasteiger charge is -2.34. The van der Waals surface area contributed by atoms with E-state index in [2.05, 4.69) is 4.90 Å². The van der Waals surface area contributed by atoms with Gasteiger partial charge in [0.15, 0.2) is 0 Å². The number of piperidine rings is 1. The fraction of sp³-hybridized carbons (Fsp3) is 0.562. The standard InChI is InChI=1S/C16H24N2O3/c1-3-20-13-6-5-9-18(11-13)15-8-7-12(10-14(15)17)16(19)21-4-2/h7-8,10,13H,3-6,9,11,17H2,1-2H3. The molecule has 0 radical (unpaired) electrons. The Morgan fingerprint density at radius 1 is 1.38 bits per heavy atom. The van der Waals surface area contributed by atoms with E-state index in [0.29, 0.717) is 17.9 Å². The summed E-state index contributed by atoms with van der Waals surface area (Å²) in [6.45, 7) is 6.71. The molecule has 0 aliphatic carbocycles. The van der Waals surface area contributed by atoms with Crippen LogP contribution in [0.3, 0.4) is 0 Å². The van der Waals surface area contributed by atoms with Gasteiger partial charge in [0.2, 0.25) is 0 Å². The molecule has 5 nitrogen and oxygen atoms in total. The van der Waals surface area contributed by atoms with Crippen LogP contribution in [0.5, 0.6) is 0 Å². The van der Waals surface area contributed by atoms with Gasteiger partial charge in [0, 0.05) is 19.7 Å². The van der Waals surface area contributed by atoms with E-state index < -0.39 is 0 Å². The first-order chi connectivity index (χ1) is 10.2. The van der Waals surface area contributed by atoms with E-state index >= 15 is 0 Å². The number of carbonyl (C=O) groups is 1. The van der Waals surface area contributed by atoms with Gasteiger partial charge in [-0.15, -0.1) is 0 Å². The number of ether oxygens (including phenoxy) is 2. The van der Waals surface area contributed by atoms with Crippen LogP contribution in [0.25, 0.3) is 0 Å². The van der Waals surface area contributed by atoms with Crippen LogP contribution in [0.1, 0.15) is 37.0 Å². The Hall–Kier alpha value is -1.75. The van der Waals surface area contributed by atoms with Crippen molar-refractivity contribution in [2.75, 3.05) is 36.9 Å². The number of carbonyl (C=O) groups excluding carboxylic acids is 1. The van der Waals surface area contributed by atoms with E-state index in [1.165, 1.54) is 0 Å². The minimum Gasteiger partial charge on any atom is -0.462 e. The van der Waals surface area contributed by atoms with Crippen LogP contribution in [-0.4, -0.2) is 38.4 Å². The van der Waals surface area contributed by atoms with E-state index in [-0.39, 0.29) is 12.1 Å². The monoisotopic (exact) mass is 292 g/mol. The number of esters is 1. The largest absolute Gasteiger partial charge is 0.462 e. The van der Waals surface area contributed by atoms with Crippen LogP contribution in [0.15, 0.2) is 18.2 Å². The van der Waals surface area contributed by atoms with Crippen LogP contribution < -0.4 is 10.6 Å². The first-order valence-corrected chi connectivity index (χ1v) is 7.58. The Morgan fingerprint density at radius 2 is 2.19 bits per heavy atom. The molecule has 2 rings (SSSR count). The van der Waals surface area contributed by atoms with Gasteiger partial charge < -0.3 is 20.1 Å². The lowest BCUT2D eigenvalue weighted by molar-refractivity contribution is 0.0520. The molecule has 0 aromatic heterocycles. The zero-order chi connectivity index (χ0) is 15.2. The molecule has 1 aliphatic rings. The molecule has 1 atom stereocenters. The summed E-state index contributed by atoms with van der Waals surface area (Å²) in [5, 5.41) is 0. The molecule has 0 saturated carbocycles. The molecule has 0 bridgehead atoms. The molecule has 1 aliphatic heterocycles. The Balaban J connectivity index is 2.11. The van der Waals surface area contributed by atoms with Gasteiger partial charge in [0.1, 0.15) is 0 Å². The topological polar surface area (TPSA) is 64.8 Å². The summed E-state index contributed by atoms with van der Waals surface area (Å²) < 4.78 is 10.7. The van der Waals surface area contributed by atoms with Crippen LogP contribution in [0.4, 0.5) is 11.4 Å². The fourth-order valence-corrected chi connectivity index (χ4v) is 2.71. The molecule has 1 aromatic carbocycles. The van der Waals surface area contributed by atoms with E-state index in [9.17, 15) is 4.79 Å². The fourth-order valence-electron chi connectivity index (χ4n) is 2.71. The normalized spacial score (nSPS) is 18.6. The third-order valence-corrected chi connectivity index (χ3v) is 3.66. The molecule has 0 spiro atoms. The van der Waals surface area contributed by atoms with E-state index in [4.69, 9.17) is 15.2 Å². The minimum atomic E-state index is -0.332. The lowest BCUT2D eigenvalue weighted by Crippen LogP contribution is -2.40. The number of nitrogens with two attached hydrogens (primary N) is 1. The van der Waals surface area contributed by atoms with Gasteiger partial charge in [0.05, 0.1) is 29.6 Å². The Labute approximate surface area is 126 Å². The second-order valence-corrected chi connectivity index (χ2v) is 5.16. The SMILES string of the molecule is CCOC(=O)c1ccc(N2CCCC(OCC)C2)c(N)c1. The molecule has 0 amide bonds. The maximum atomic E-state index is 11.7. The number of nitrogens with zero attached hydrogens (tertiary/aromatic N) is 1. The second-order valence-electron chi connectivity index (χ2n) is 5.16. The maximum Gasteiger partial charge on any atom is 0.338 e. The van der Waals surface area contributed by atoms with Crippen molar-refractivity contribution in [3.05, 3.63) is 23.8 Å². The molecule has 21 heavy (non-hydrogen) atoms. The smallest absolute Gasteiger partial charge is 0.338 e. The Morgan fingerprint density at radius 3 is 2.86 bits per heavy atom. The first-order valence-electron chi connectivity index (χ1n) is 7.58. The second kappa shape index (κ2) is 7.31. The van der Waals surface area contributed by atoms with Gasteiger partial charge in [0.25, 0.3) is 0 Å². The lowest BCUT2D eigenvalue weighted by atomic mass is 10.1. The van der Waals surface area contributed by atoms with Crippen LogP contribution in [-0.2, 0) is 9.47 Å². The van der Waals surface area contributed by atoms with Crippen molar-refractivity contribution in [3.8, 4) is 0 Å². The molecule has 1 heterocycles. The summed E-state index contributed by atoms with van der Waals surface area (Å²) in [4.78, 5) is 13.9. The Kier molecular flexibility index (Phi) is 5.44. The summed E-state index contributed by atoms with van der Waals surface area (Å²) in [7, 11) is 0. The summed E-state index contributed by atoms with van der Waals surface area (Å²) in [6, 6.07) is 5.36. The highest BCUT2D eigenvalue weighted by Gasteiger charge is 2.22. The zero-order valence-electron chi connectivity index (χ0n) is 12.8. The van der Waals surface area contributed by atoms with Crippen molar-refractivity contribution >= 4 is 17.3 Å². The molecule has 5 heteroatoms. The van der Waals surface area contributed by atoms with Gasteiger partial charge in [-0.05, 0) is 44.9 Å². The number of rotatable bonds is 5. The first kappa shape index (κ1) is 15.6. The molecule has 1 fully saturated rings. The zero-order valence-corrected chi connectivity index (χ0v) is 12.8. The van der Waals surface area contributed by atoms with E-state index in [0.717, 1.165) is 38.2 Å². The highest BCUT2D eigenvalue weighted by molar-refractivity contribution is 5.92. The molecular formula is C16H24N2O3. The van der Waals surface area contributed by atoms with Crippen molar-refractivity contribution in [2.45, 2.75) is 32.8 Å². The average Bonchev–Trinajstić information content (AvgIpc) is 2.48. The van der Waals surface area contributed by atoms with Crippen LogP contribution in [0.2, 0.25) is 0 Å². The van der Waals surface area contributed by atoms with Crippen molar-refractivity contribution in [2.24, 2.45) is 0 Å². The maximum absolute atomic E-state index is 11.7. The Bertz CT molecular complexity index is 488. The summed E-state index contributed by atoms with van der Waals surface area (Å²) in [6.07, 6.45) is 2.43. The summed E-state index contributed by atoms with van der Waals surface area (Å²) in [5.74, 6) is -0.332. The van der Waals surface area contributed by atoms with Gasteiger partial charge in [-0.25, -0.2) is 4.79 Å². The van der Waals surface area contributed by atoms with Gasteiger partial charge in [-0.2, -0.15) is 0 Å². The summed E-state index contributed by atoms with van der Waals surface area (Å²) >= 11 is 0. The number of hydrogen-bond donors (Lipinski definition) is 1. The van der Waals surface area contributed by atoms with Crippen LogP contribution in [0, 0.1) is 0 Å². The molecule has 116 valence electrons. The van der Waals surface area contributed by atoms with Crippen molar-refractivity contribution < 1.29 is 14.3 Å².